The normalized spacial score (nSPS) is 14.4. The van der Waals surface area contributed by atoms with Crippen LogP contribution in [0.4, 0.5) is 17.5 Å². The van der Waals surface area contributed by atoms with Gasteiger partial charge in [-0.3, -0.25) is 5.10 Å². The van der Waals surface area contributed by atoms with E-state index in [1.807, 2.05) is 0 Å². The van der Waals surface area contributed by atoms with Gasteiger partial charge in [-0.05, 0) is 31.4 Å². The zero-order valence-electron chi connectivity index (χ0n) is 11.8. The number of hydrogen-bond acceptors (Lipinski definition) is 5. The van der Waals surface area contributed by atoms with Gasteiger partial charge in [-0.2, -0.15) is 15.1 Å². The molecule has 4 rings (SSSR count). The second-order valence-corrected chi connectivity index (χ2v) is 5.43. The zero-order valence-corrected chi connectivity index (χ0v) is 11.8. The summed E-state index contributed by atoms with van der Waals surface area (Å²) in [5, 5.41) is 7.82. The molecular weight excluding hydrogens is 264 g/mol. The zero-order chi connectivity index (χ0) is 14.4. The van der Waals surface area contributed by atoms with Crippen LogP contribution in [0, 0.1) is 6.92 Å². The molecule has 1 aliphatic rings. The number of nitrogens with two attached hydrogens (primary N) is 1. The Kier molecular flexibility index (Phi) is 2.57. The summed E-state index contributed by atoms with van der Waals surface area (Å²) in [6.07, 6.45) is 3.95. The van der Waals surface area contributed by atoms with Crippen LogP contribution < -0.4 is 10.6 Å². The largest absolute Gasteiger partial charge is 0.368 e. The molecule has 21 heavy (non-hydrogen) atoms. The molecular formula is C15H16N6. The molecule has 106 valence electrons. The van der Waals surface area contributed by atoms with Crippen LogP contribution in [0.15, 0.2) is 24.4 Å². The van der Waals surface area contributed by atoms with Crippen LogP contribution >= 0.6 is 0 Å². The molecule has 3 heterocycles. The third-order valence-electron chi connectivity index (χ3n) is 3.92. The number of rotatable bonds is 1. The van der Waals surface area contributed by atoms with Gasteiger partial charge in [-0.15, -0.1) is 0 Å². The molecule has 2 aromatic heterocycles. The minimum Gasteiger partial charge on any atom is -0.368 e. The Morgan fingerprint density at radius 2 is 2.19 bits per heavy atom. The monoisotopic (exact) mass is 280 g/mol. The van der Waals surface area contributed by atoms with Gasteiger partial charge in [0, 0.05) is 12.2 Å². The molecule has 0 fully saturated rings. The topological polar surface area (TPSA) is 83.7 Å². The summed E-state index contributed by atoms with van der Waals surface area (Å²) in [4.78, 5) is 10.9. The summed E-state index contributed by atoms with van der Waals surface area (Å²) in [6.45, 7) is 3.04. The maximum Gasteiger partial charge on any atom is 0.224 e. The Balaban J connectivity index is 1.92. The van der Waals surface area contributed by atoms with Crippen molar-refractivity contribution in [2.45, 2.75) is 19.8 Å². The van der Waals surface area contributed by atoms with Gasteiger partial charge in [0.2, 0.25) is 5.95 Å². The van der Waals surface area contributed by atoms with Crippen molar-refractivity contribution in [3.63, 3.8) is 0 Å². The third kappa shape index (κ3) is 1.91. The highest BCUT2D eigenvalue weighted by Crippen LogP contribution is 2.36. The molecule has 1 aromatic carbocycles. The molecule has 0 saturated carbocycles. The first-order valence-corrected chi connectivity index (χ1v) is 7.06. The Labute approximate surface area is 122 Å². The van der Waals surface area contributed by atoms with Gasteiger partial charge in [0.15, 0.2) is 5.65 Å². The number of aryl methyl sites for hydroxylation is 2. The first-order chi connectivity index (χ1) is 10.2. The van der Waals surface area contributed by atoms with Crippen LogP contribution in [0.2, 0.25) is 0 Å². The maximum atomic E-state index is 5.84. The number of anilines is 3. The Hall–Kier alpha value is -2.63. The van der Waals surface area contributed by atoms with Crippen molar-refractivity contribution < 1.29 is 0 Å². The van der Waals surface area contributed by atoms with E-state index in [1.165, 1.54) is 16.8 Å². The number of aromatic nitrogens is 4. The van der Waals surface area contributed by atoms with Gasteiger partial charge in [0.1, 0.15) is 5.82 Å². The van der Waals surface area contributed by atoms with Gasteiger partial charge >= 0.3 is 0 Å². The van der Waals surface area contributed by atoms with E-state index in [1.54, 1.807) is 6.20 Å². The van der Waals surface area contributed by atoms with E-state index in [-0.39, 0.29) is 5.95 Å². The number of fused-ring (bicyclic) bond motifs is 2. The predicted molar refractivity (Wildman–Crippen MR) is 82.6 cm³/mol. The number of benzene rings is 1. The minimum absolute atomic E-state index is 0.265. The van der Waals surface area contributed by atoms with Crippen molar-refractivity contribution in [2.75, 3.05) is 17.2 Å². The second-order valence-electron chi connectivity index (χ2n) is 5.43. The molecule has 1 aliphatic heterocycles. The van der Waals surface area contributed by atoms with Gasteiger partial charge < -0.3 is 10.6 Å². The Morgan fingerprint density at radius 3 is 3.10 bits per heavy atom. The SMILES string of the molecule is Cc1ccc2c(c1)CCCN2c1nc(N)nc2[nH]ncc12. The summed E-state index contributed by atoms with van der Waals surface area (Å²) in [7, 11) is 0. The number of aromatic amines is 1. The van der Waals surface area contributed by atoms with Crippen molar-refractivity contribution in [2.24, 2.45) is 0 Å². The van der Waals surface area contributed by atoms with Crippen LogP contribution in [0.3, 0.4) is 0 Å². The fraction of sp³-hybridized carbons (Fsp3) is 0.267. The number of hydrogen-bond donors (Lipinski definition) is 2. The average molecular weight is 280 g/mol. The summed E-state index contributed by atoms with van der Waals surface area (Å²) < 4.78 is 0. The fourth-order valence-corrected chi connectivity index (χ4v) is 2.99. The molecule has 0 aliphatic carbocycles. The van der Waals surface area contributed by atoms with Gasteiger partial charge in [-0.25, -0.2) is 0 Å². The van der Waals surface area contributed by atoms with E-state index in [9.17, 15) is 0 Å². The van der Waals surface area contributed by atoms with Crippen LogP contribution in [0.1, 0.15) is 17.5 Å². The average Bonchev–Trinajstić information content (AvgIpc) is 2.93. The van der Waals surface area contributed by atoms with E-state index in [0.717, 1.165) is 30.6 Å². The second kappa shape index (κ2) is 4.44. The van der Waals surface area contributed by atoms with Gasteiger partial charge in [0.25, 0.3) is 0 Å². The molecule has 3 aromatic rings. The minimum atomic E-state index is 0.265. The molecule has 0 saturated heterocycles. The molecule has 6 nitrogen and oxygen atoms in total. The molecule has 0 amide bonds. The lowest BCUT2D eigenvalue weighted by molar-refractivity contribution is 0.760. The van der Waals surface area contributed by atoms with E-state index < -0.39 is 0 Å². The van der Waals surface area contributed by atoms with Crippen LogP contribution in [-0.4, -0.2) is 26.7 Å². The number of nitrogens with zero attached hydrogens (tertiary/aromatic N) is 4. The molecule has 0 radical (unpaired) electrons. The summed E-state index contributed by atoms with van der Waals surface area (Å²) in [6, 6.07) is 6.54. The first kappa shape index (κ1) is 12.1. The molecule has 0 spiro atoms. The lowest BCUT2D eigenvalue weighted by Gasteiger charge is -2.31. The van der Waals surface area contributed by atoms with Gasteiger partial charge in [0.05, 0.1) is 11.6 Å². The maximum absolute atomic E-state index is 5.84. The Bertz CT molecular complexity index is 822. The van der Waals surface area contributed by atoms with E-state index in [0.29, 0.717) is 5.65 Å². The van der Waals surface area contributed by atoms with Crippen molar-refractivity contribution in [3.05, 3.63) is 35.5 Å². The van der Waals surface area contributed by atoms with Crippen molar-refractivity contribution in [1.29, 1.82) is 0 Å². The number of nitrogens with one attached hydrogen (secondary N) is 1. The molecule has 3 N–H and O–H groups in total. The highest BCUT2D eigenvalue weighted by molar-refractivity contribution is 5.90. The lowest BCUT2D eigenvalue weighted by Crippen LogP contribution is -2.26. The lowest BCUT2D eigenvalue weighted by atomic mass is 9.99. The van der Waals surface area contributed by atoms with E-state index >= 15 is 0 Å². The summed E-state index contributed by atoms with van der Waals surface area (Å²) >= 11 is 0. The molecule has 0 atom stereocenters. The van der Waals surface area contributed by atoms with Gasteiger partial charge in [-0.1, -0.05) is 17.7 Å². The van der Waals surface area contributed by atoms with Crippen molar-refractivity contribution in [1.82, 2.24) is 20.2 Å². The van der Waals surface area contributed by atoms with Crippen LogP contribution in [0.5, 0.6) is 0 Å². The molecule has 0 bridgehead atoms. The predicted octanol–water partition coefficient (Wildman–Crippen LogP) is 2.33. The number of H-pyrrole nitrogens is 1. The van der Waals surface area contributed by atoms with Crippen LogP contribution in [0.25, 0.3) is 11.0 Å². The van der Waals surface area contributed by atoms with Crippen molar-refractivity contribution in [3.8, 4) is 0 Å². The quantitative estimate of drug-likeness (QED) is 0.714. The molecule has 0 unspecified atom stereocenters. The standard InChI is InChI=1S/C15H16N6/c1-9-4-5-12-10(7-9)3-2-6-21(12)14-11-8-17-20-13(11)18-15(16)19-14/h4-5,7-8H,2-3,6H2,1H3,(H3,16,17,18,19,20). The molecule has 6 heteroatoms. The smallest absolute Gasteiger partial charge is 0.224 e. The van der Waals surface area contributed by atoms with E-state index in [2.05, 4.69) is 50.2 Å². The highest BCUT2D eigenvalue weighted by Gasteiger charge is 2.22. The summed E-state index contributed by atoms with van der Waals surface area (Å²) in [5.41, 5.74) is 10.4. The van der Waals surface area contributed by atoms with Crippen LogP contribution in [-0.2, 0) is 6.42 Å². The first-order valence-electron chi connectivity index (χ1n) is 7.06. The Morgan fingerprint density at radius 1 is 1.29 bits per heavy atom. The highest BCUT2D eigenvalue weighted by atomic mass is 15.2. The number of nitrogen functional groups attached to an aromatic ring is 1. The van der Waals surface area contributed by atoms with Crippen molar-refractivity contribution >= 4 is 28.5 Å². The van der Waals surface area contributed by atoms with E-state index in [4.69, 9.17) is 5.73 Å². The third-order valence-corrected chi connectivity index (χ3v) is 3.92. The summed E-state index contributed by atoms with van der Waals surface area (Å²) in [5.74, 6) is 1.09. The fourth-order valence-electron chi connectivity index (χ4n) is 2.99.